The fourth-order valence-electron chi connectivity index (χ4n) is 2.12. The highest BCUT2D eigenvalue weighted by molar-refractivity contribution is 5.46. The molecule has 1 aromatic rings. The summed E-state index contributed by atoms with van der Waals surface area (Å²) in [5, 5.41) is 3.43. The van der Waals surface area contributed by atoms with E-state index in [0.717, 1.165) is 24.6 Å². The summed E-state index contributed by atoms with van der Waals surface area (Å²) in [6.45, 7) is 10.4. The smallest absolute Gasteiger partial charge is 0.231 e. The summed E-state index contributed by atoms with van der Waals surface area (Å²) in [5.41, 5.74) is 7.04. The van der Waals surface area contributed by atoms with Crippen molar-refractivity contribution in [2.45, 2.75) is 38.6 Å². The molecule has 0 saturated heterocycles. The Bertz CT molecular complexity index is 450. The van der Waals surface area contributed by atoms with E-state index in [1.54, 1.807) is 0 Å². The van der Waals surface area contributed by atoms with Crippen molar-refractivity contribution < 1.29 is 9.47 Å². The summed E-state index contributed by atoms with van der Waals surface area (Å²) in [7, 11) is 0. The number of nitrogens with one attached hydrogen (secondary N) is 1. The number of nitrogens with two attached hydrogens (primary N) is 1. The molecule has 106 valence electrons. The molecule has 0 saturated carbocycles. The summed E-state index contributed by atoms with van der Waals surface area (Å²) in [5.74, 6) is 1.67. The van der Waals surface area contributed by atoms with Gasteiger partial charge in [-0.05, 0) is 31.5 Å². The molecule has 0 atom stereocenters. The van der Waals surface area contributed by atoms with Crippen LogP contribution in [0.15, 0.2) is 18.2 Å². The Kier molecular flexibility index (Phi) is 3.74. The molecule has 2 rings (SSSR count). The lowest BCUT2D eigenvalue weighted by Crippen LogP contribution is -2.46. The van der Waals surface area contributed by atoms with E-state index in [1.165, 1.54) is 5.56 Å². The fourth-order valence-corrected chi connectivity index (χ4v) is 2.12. The number of hydrogen-bond donors (Lipinski definition) is 2. The Hall–Kier alpha value is -1.26. The second-order valence-electron chi connectivity index (χ2n) is 6.54. The van der Waals surface area contributed by atoms with E-state index in [1.807, 2.05) is 19.9 Å². The SMILES string of the molecule is CC(C)(N)CNCC(C)(C)c1ccc2c(c1)OCO2. The standard InChI is InChI=1S/C15H24N2O2/c1-14(2,8-17-9-15(3,4)16)11-5-6-12-13(7-11)19-10-18-12/h5-7,17H,8-10,16H2,1-4H3. The van der Waals surface area contributed by atoms with Gasteiger partial charge in [-0.25, -0.2) is 0 Å². The average molecular weight is 264 g/mol. The monoisotopic (exact) mass is 264 g/mol. The molecular weight excluding hydrogens is 240 g/mol. The molecule has 1 aliphatic rings. The Morgan fingerprint density at radius 1 is 1.11 bits per heavy atom. The van der Waals surface area contributed by atoms with Crippen molar-refractivity contribution in [3.05, 3.63) is 23.8 Å². The second kappa shape index (κ2) is 5.02. The molecule has 0 bridgehead atoms. The van der Waals surface area contributed by atoms with Crippen LogP contribution in [0.5, 0.6) is 11.5 Å². The van der Waals surface area contributed by atoms with Gasteiger partial charge in [0, 0.05) is 24.0 Å². The van der Waals surface area contributed by atoms with Crippen LogP contribution in [0.2, 0.25) is 0 Å². The van der Waals surface area contributed by atoms with Gasteiger partial charge in [0.25, 0.3) is 0 Å². The maximum Gasteiger partial charge on any atom is 0.231 e. The average Bonchev–Trinajstić information content (AvgIpc) is 2.73. The first-order chi connectivity index (χ1) is 8.78. The van der Waals surface area contributed by atoms with Crippen molar-refractivity contribution in [2.24, 2.45) is 5.73 Å². The molecule has 1 heterocycles. The Morgan fingerprint density at radius 3 is 2.47 bits per heavy atom. The fraction of sp³-hybridized carbons (Fsp3) is 0.600. The van der Waals surface area contributed by atoms with E-state index in [2.05, 4.69) is 31.3 Å². The van der Waals surface area contributed by atoms with Gasteiger partial charge in [-0.15, -0.1) is 0 Å². The lowest BCUT2D eigenvalue weighted by atomic mass is 9.84. The second-order valence-corrected chi connectivity index (χ2v) is 6.54. The third-order valence-corrected chi connectivity index (χ3v) is 3.30. The minimum atomic E-state index is -0.190. The van der Waals surface area contributed by atoms with E-state index in [9.17, 15) is 0 Å². The zero-order valence-electron chi connectivity index (χ0n) is 12.2. The topological polar surface area (TPSA) is 56.5 Å². The van der Waals surface area contributed by atoms with Crippen molar-refractivity contribution in [1.29, 1.82) is 0 Å². The molecule has 4 nitrogen and oxygen atoms in total. The van der Waals surface area contributed by atoms with Crippen LogP contribution in [0.1, 0.15) is 33.3 Å². The minimum absolute atomic E-state index is 0.0201. The highest BCUT2D eigenvalue weighted by atomic mass is 16.7. The highest BCUT2D eigenvalue weighted by Gasteiger charge is 2.24. The van der Waals surface area contributed by atoms with Crippen LogP contribution in [0, 0.1) is 0 Å². The van der Waals surface area contributed by atoms with Gasteiger partial charge in [0.05, 0.1) is 0 Å². The molecule has 19 heavy (non-hydrogen) atoms. The Labute approximate surface area is 115 Å². The van der Waals surface area contributed by atoms with Crippen LogP contribution in [0.25, 0.3) is 0 Å². The predicted molar refractivity (Wildman–Crippen MR) is 76.7 cm³/mol. The van der Waals surface area contributed by atoms with E-state index < -0.39 is 0 Å². The van der Waals surface area contributed by atoms with Crippen LogP contribution in [-0.4, -0.2) is 25.4 Å². The highest BCUT2D eigenvalue weighted by Crippen LogP contribution is 2.36. The number of ether oxygens (including phenoxy) is 2. The van der Waals surface area contributed by atoms with Crippen LogP contribution < -0.4 is 20.5 Å². The van der Waals surface area contributed by atoms with Gasteiger partial charge < -0.3 is 20.5 Å². The van der Waals surface area contributed by atoms with Gasteiger partial charge in [-0.2, -0.15) is 0 Å². The van der Waals surface area contributed by atoms with Gasteiger partial charge >= 0.3 is 0 Å². The molecule has 0 spiro atoms. The molecule has 3 N–H and O–H groups in total. The van der Waals surface area contributed by atoms with Crippen LogP contribution in [0.3, 0.4) is 0 Å². The van der Waals surface area contributed by atoms with Gasteiger partial charge in [0.2, 0.25) is 6.79 Å². The maximum absolute atomic E-state index is 5.98. The van der Waals surface area contributed by atoms with Crippen molar-refractivity contribution in [2.75, 3.05) is 19.9 Å². The van der Waals surface area contributed by atoms with Gasteiger partial charge in [-0.1, -0.05) is 19.9 Å². The van der Waals surface area contributed by atoms with E-state index in [4.69, 9.17) is 15.2 Å². The zero-order chi connectivity index (χ0) is 14.1. The molecular formula is C15H24N2O2. The van der Waals surface area contributed by atoms with Crippen LogP contribution in [-0.2, 0) is 5.41 Å². The molecule has 0 amide bonds. The van der Waals surface area contributed by atoms with Crippen molar-refractivity contribution >= 4 is 0 Å². The summed E-state index contributed by atoms with van der Waals surface area (Å²) >= 11 is 0. The molecule has 4 heteroatoms. The molecule has 1 aliphatic heterocycles. The normalized spacial score (nSPS) is 14.8. The zero-order valence-corrected chi connectivity index (χ0v) is 12.2. The number of rotatable bonds is 5. The van der Waals surface area contributed by atoms with E-state index >= 15 is 0 Å². The van der Waals surface area contributed by atoms with Gasteiger partial charge in [0.1, 0.15) is 0 Å². The molecule has 0 aromatic heterocycles. The Morgan fingerprint density at radius 2 is 1.79 bits per heavy atom. The van der Waals surface area contributed by atoms with Crippen LogP contribution in [0.4, 0.5) is 0 Å². The van der Waals surface area contributed by atoms with E-state index in [-0.39, 0.29) is 11.0 Å². The lowest BCUT2D eigenvalue weighted by molar-refractivity contribution is 0.174. The largest absolute Gasteiger partial charge is 0.454 e. The quantitative estimate of drug-likeness (QED) is 0.854. The summed E-state index contributed by atoms with van der Waals surface area (Å²) in [4.78, 5) is 0. The van der Waals surface area contributed by atoms with Crippen LogP contribution >= 0.6 is 0 Å². The number of fused-ring (bicyclic) bond motifs is 1. The maximum atomic E-state index is 5.98. The number of hydrogen-bond acceptors (Lipinski definition) is 4. The van der Waals surface area contributed by atoms with E-state index in [0.29, 0.717) is 6.79 Å². The predicted octanol–water partition coefficient (Wildman–Crippen LogP) is 2.02. The first kappa shape index (κ1) is 14.2. The lowest BCUT2D eigenvalue weighted by Gasteiger charge is -2.28. The third kappa shape index (κ3) is 3.61. The summed E-state index contributed by atoms with van der Waals surface area (Å²) in [6.07, 6.45) is 0. The van der Waals surface area contributed by atoms with Crippen molar-refractivity contribution in [3.63, 3.8) is 0 Å². The van der Waals surface area contributed by atoms with Gasteiger partial charge in [-0.3, -0.25) is 0 Å². The molecule has 0 aliphatic carbocycles. The van der Waals surface area contributed by atoms with Gasteiger partial charge in [0.15, 0.2) is 11.5 Å². The molecule has 0 radical (unpaired) electrons. The first-order valence-electron chi connectivity index (χ1n) is 6.68. The molecule has 1 aromatic carbocycles. The first-order valence-corrected chi connectivity index (χ1v) is 6.68. The van der Waals surface area contributed by atoms with Crippen molar-refractivity contribution in [1.82, 2.24) is 5.32 Å². The number of benzene rings is 1. The molecule has 0 unspecified atom stereocenters. The third-order valence-electron chi connectivity index (χ3n) is 3.30. The van der Waals surface area contributed by atoms with Crippen molar-refractivity contribution in [3.8, 4) is 11.5 Å². The molecule has 0 fully saturated rings. The summed E-state index contributed by atoms with van der Waals surface area (Å²) in [6, 6.07) is 6.15. The Balaban J connectivity index is 2.03. The summed E-state index contributed by atoms with van der Waals surface area (Å²) < 4.78 is 10.8. The minimum Gasteiger partial charge on any atom is -0.454 e.